The lowest BCUT2D eigenvalue weighted by atomic mass is 10.1. The van der Waals surface area contributed by atoms with E-state index in [1.165, 1.54) is 0 Å². The summed E-state index contributed by atoms with van der Waals surface area (Å²) in [5.41, 5.74) is -1.78. The van der Waals surface area contributed by atoms with Crippen molar-refractivity contribution >= 4 is 35.5 Å². The SMILES string of the molecule is CC(C)(C)[Si]1(C(C)(C)C)OC[C@H]2O[C@@H](c3nc4nc(N)[nH]c(=O)c4[nH]3)[C@](O)(S(=O)(=O)C(F)(F)F)[C@@H]2O1. The van der Waals surface area contributed by atoms with E-state index in [0.29, 0.717) is 0 Å². The molecule has 0 saturated carbocycles. The summed E-state index contributed by atoms with van der Waals surface area (Å²) in [6, 6.07) is 0. The third-order valence-electron chi connectivity index (χ3n) is 6.53. The smallest absolute Gasteiger partial charge is 0.391 e. The Balaban J connectivity index is 1.95. The van der Waals surface area contributed by atoms with E-state index in [0.717, 1.165) is 0 Å². The second-order valence-electron chi connectivity index (χ2n) is 11.0. The molecule has 4 rings (SSSR count). The summed E-state index contributed by atoms with van der Waals surface area (Å²) < 4.78 is 85.8. The summed E-state index contributed by atoms with van der Waals surface area (Å²) in [4.78, 5) is 20.9. The molecule has 2 aromatic heterocycles. The molecule has 5 N–H and O–H groups in total. The zero-order valence-electron chi connectivity index (χ0n) is 20.3. The van der Waals surface area contributed by atoms with Gasteiger partial charge in [-0.05, 0) is 0 Å². The number of H-pyrrole nitrogens is 2. The number of nitrogens with two attached hydrogens (primary N) is 1. The lowest BCUT2D eigenvalue weighted by Crippen LogP contribution is -2.69. The monoisotopic (exact) mass is 555 g/mol. The van der Waals surface area contributed by atoms with Crippen molar-refractivity contribution in [3.8, 4) is 0 Å². The number of nitrogens with zero attached hydrogens (tertiary/aromatic N) is 2. The Morgan fingerprint density at radius 1 is 1.11 bits per heavy atom. The molecule has 12 nitrogen and oxygen atoms in total. The number of aromatic amines is 2. The van der Waals surface area contributed by atoms with Gasteiger partial charge in [-0.25, -0.2) is 13.4 Å². The Hall–Kier alpha value is -2.05. The molecule has 0 aliphatic carbocycles. The number of halogens is 3. The van der Waals surface area contributed by atoms with Crippen molar-refractivity contribution in [2.24, 2.45) is 0 Å². The predicted octanol–water partition coefficient (Wildman–Crippen LogP) is 1.75. The van der Waals surface area contributed by atoms with Crippen LogP contribution in [0.2, 0.25) is 10.1 Å². The zero-order valence-corrected chi connectivity index (χ0v) is 22.2. The van der Waals surface area contributed by atoms with Gasteiger partial charge in [0.2, 0.25) is 10.9 Å². The number of nitrogen functional groups attached to an aromatic ring is 1. The first-order valence-corrected chi connectivity index (χ1v) is 14.2. The molecule has 17 heteroatoms. The highest BCUT2D eigenvalue weighted by Gasteiger charge is 2.76. The maximum Gasteiger partial charge on any atom is 0.500 e. The Labute approximate surface area is 204 Å². The molecule has 0 bridgehead atoms. The van der Waals surface area contributed by atoms with Crippen LogP contribution < -0.4 is 11.3 Å². The van der Waals surface area contributed by atoms with Crippen molar-refractivity contribution in [2.45, 2.75) is 80.4 Å². The number of rotatable bonds is 2. The molecule has 2 aliphatic rings. The zero-order chi connectivity index (χ0) is 27.3. The number of hydrogen-bond donors (Lipinski definition) is 4. The van der Waals surface area contributed by atoms with Gasteiger partial charge in [-0.3, -0.25) is 9.78 Å². The molecule has 2 aliphatic heterocycles. The number of sulfone groups is 1. The van der Waals surface area contributed by atoms with Gasteiger partial charge in [0, 0.05) is 10.1 Å². The van der Waals surface area contributed by atoms with Crippen LogP contribution in [0.15, 0.2) is 4.79 Å². The number of anilines is 1. The minimum Gasteiger partial charge on any atom is -0.391 e. The molecule has 202 valence electrons. The standard InChI is InChI=1S/C19H28F3N5O7SSi/c1-16(2,3)36(17(4,5)6)32-7-8-10(34-36)18(29,35(30,31)19(20,21)22)11(33-8)13-24-9-12(25-13)26-15(23)27-14(9)28/h8,10-11,29H,7H2,1-6H3,(H4,23,24,25,26,27,28)/t8-,10-,11+,18-/m1/s1. The number of nitrogens with one attached hydrogen (secondary N) is 2. The van der Waals surface area contributed by atoms with Crippen molar-refractivity contribution in [3.63, 3.8) is 0 Å². The second-order valence-corrected chi connectivity index (χ2v) is 17.9. The summed E-state index contributed by atoms with van der Waals surface area (Å²) in [5, 5.41) is 10.1. The third kappa shape index (κ3) is 3.54. The highest BCUT2D eigenvalue weighted by molar-refractivity contribution is 7.93. The molecule has 36 heavy (non-hydrogen) atoms. The first kappa shape index (κ1) is 27.0. The summed E-state index contributed by atoms with van der Waals surface area (Å²) in [6.07, 6.45) is -5.59. The van der Waals surface area contributed by atoms with Crippen LogP contribution in [0.5, 0.6) is 0 Å². The molecular weight excluding hydrogens is 527 g/mol. The summed E-state index contributed by atoms with van der Waals surface area (Å²) in [7, 11) is -9.92. The van der Waals surface area contributed by atoms with Crippen LogP contribution in [0.4, 0.5) is 19.1 Å². The van der Waals surface area contributed by atoms with Gasteiger partial charge in [0.25, 0.3) is 15.4 Å². The van der Waals surface area contributed by atoms with Crippen LogP contribution in [0.3, 0.4) is 0 Å². The number of hydrogen-bond acceptors (Lipinski definition) is 10. The molecular formula is C19H28F3N5O7SSi. The molecule has 2 saturated heterocycles. The van der Waals surface area contributed by atoms with E-state index in [9.17, 15) is 31.5 Å². The summed E-state index contributed by atoms with van der Waals surface area (Å²) in [5.74, 6) is -0.895. The maximum absolute atomic E-state index is 14.0. The highest BCUT2D eigenvalue weighted by atomic mass is 32.2. The second kappa shape index (κ2) is 7.73. The summed E-state index contributed by atoms with van der Waals surface area (Å²) >= 11 is 0. The lowest BCUT2D eigenvalue weighted by Gasteiger charge is -2.54. The van der Waals surface area contributed by atoms with Crippen LogP contribution in [0.25, 0.3) is 11.2 Å². The Kier molecular flexibility index (Phi) is 5.80. The number of alkyl halides is 3. The fraction of sp³-hybridized carbons (Fsp3) is 0.737. The number of ether oxygens (including phenoxy) is 1. The number of fused-ring (bicyclic) bond motifs is 2. The van der Waals surface area contributed by atoms with E-state index in [2.05, 4.69) is 19.9 Å². The average molecular weight is 556 g/mol. The van der Waals surface area contributed by atoms with Crippen molar-refractivity contribution in [3.05, 3.63) is 16.2 Å². The predicted molar refractivity (Wildman–Crippen MR) is 122 cm³/mol. The number of imidazole rings is 1. The van der Waals surface area contributed by atoms with Gasteiger partial charge in [-0.1, -0.05) is 41.5 Å². The summed E-state index contributed by atoms with van der Waals surface area (Å²) in [6.45, 7) is 10.3. The van der Waals surface area contributed by atoms with E-state index in [1.54, 1.807) is 41.5 Å². The van der Waals surface area contributed by atoms with Crippen molar-refractivity contribution in [2.75, 3.05) is 12.3 Å². The van der Waals surface area contributed by atoms with Crippen molar-refractivity contribution < 1.29 is 40.3 Å². The van der Waals surface area contributed by atoms with E-state index < -0.39 is 68.6 Å². The van der Waals surface area contributed by atoms with E-state index in [4.69, 9.17) is 19.3 Å². The Morgan fingerprint density at radius 2 is 1.69 bits per heavy atom. The van der Waals surface area contributed by atoms with Crippen LogP contribution in [0.1, 0.15) is 53.5 Å². The van der Waals surface area contributed by atoms with Crippen LogP contribution >= 0.6 is 0 Å². The number of aromatic nitrogens is 4. The van der Waals surface area contributed by atoms with Gasteiger partial charge in [-0.15, -0.1) is 0 Å². The van der Waals surface area contributed by atoms with Crippen LogP contribution in [0, 0.1) is 0 Å². The average Bonchev–Trinajstić information content (AvgIpc) is 3.25. The fourth-order valence-electron chi connectivity index (χ4n) is 5.18. The van der Waals surface area contributed by atoms with Crippen molar-refractivity contribution in [1.82, 2.24) is 19.9 Å². The lowest BCUT2D eigenvalue weighted by molar-refractivity contribution is -0.0843. The molecule has 4 heterocycles. The number of aliphatic hydroxyl groups is 1. The minimum atomic E-state index is -6.36. The van der Waals surface area contributed by atoms with Gasteiger partial charge in [0.15, 0.2) is 17.3 Å². The van der Waals surface area contributed by atoms with Crippen molar-refractivity contribution in [1.29, 1.82) is 0 Å². The molecule has 0 aromatic carbocycles. The minimum absolute atomic E-state index is 0.297. The van der Waals surface area contributed by atoms with E-state index in [1.807, 2.05) is 0 Å². The van der Waals surface area contributed by atoms with Gasteiger partial charge in [0.1, 0.15) is 18.0 Å². The van der Waals surface area contributed by atoms with Crippen LogP contribution in [-0.2, 0) is 23.4 Å². The first-order chi connectivity index (χ1) is 16.2. The Morgan fingerprint density at radius 3 is 2.22 bits per heavy atom. The largest absolute Gasteiger partial charge is 0.500 e. The molecule has 0 spiro atoms. The molecule has 0 amide bonds. The quantitative estimate of drug-likeness (QED) is 0.398. The molecule has 0 radical (unpaired) electrons. The van der Waals surface area contributed by atoms with Gasteiger partial charge in [-0.2, -0.15) is 18.2 Å². The maximum atomic E-state index is 14.0. The topological polar surface area (TPSA) is 183 Å². The first-order valence-electron chi connectivity index (χ1n) is 10.9. The normalized spacial score (nSPS) is 29.4. The highest BCUT2D eigenvalue weighted by Crippen LogP contribution is 2.59. The fourth-order valence-corrected chi connectivity index (χ4v) is 11.6. The molecule has 2 aromatic rings. The van der Waals surface area contributed by atoms with Gasteiger partial charge in [0.05, 0.1) is 6.61 Å². The van der Waals surface area contributed by atoms with Gasteiger partial charge < -0.3 is 29.4 Å². The Bertz CT molecular complexity index is 1350. The van der Waals surface area contributed by atoms with Gasteiger partial charge >= 0.3 is 14.1 Å². The molecule has 4 atom stereocenters. The van der Waals surface area contributed by atoms with E-state index in [-0.39, 0.29) is 23.7 Å². The van der Waals surface area contributed by atoms with Crippen LogP contribution in [-0.4, -0.2) is 71.3 Å². The third-order valence-corrected chi connectivity index (χ3v) is 13.6. The molecule has 2 fully saturated rings. The van der Waals surface area contributed by atoms with E-state index >= 15 is 0 Å². The molecule has 0 unspecified atom stereocenters.